The van der Waals surface area contributed by atoms with E-state index < -0.39 is 18.0 Å². The van der Waals surface area contributed by atoms with Crippen LogP contribution in [0.5, 0.6) is 0 Å². The van der Waals surface area contributed by atoms with Gasteiger partial charge in [-0.2, -0.15) is 18.3 Å². The van der Waals surface area contributed by atoms with Gasteiger partial charge >= 0.3 is 12.1 Å². The maximum atomic E-state index is 12.7. The summed E-state index contributed by atoms with van der Waals surface area (Å²) >= 11 is 0. The van der Waals surface area contributed by atoms with Crippen LogP contribution in [-0.2, 0) is 24.3 Å². The van der Waals surface area contributed by atoms with Gasteiger partial charge < -0.3 is 15.5 Å². The second-order valence-electron chi connectivity index (χ2n) is 6.43. The predicted octanol–water partition coefficient (Wildman–Crippen LogP) is 2.64. The Bertz CT molecular complexity index is 885. The molecule has 2 amide bonds. The monoisotopic (exact) mass is 431 g/mol. The molecule has 2 aromatic rings. The van der Waals surface area contributed by atoms with Crippen molar-refractivity contribution in [2.75, 3.05) is 18.4 Å². The first-order chi connectivity index (χ1) is 13.3. The third-order valence-corrected chi connectivity index (χ3v) is 4.49. The zero-order chi connectivity index (χ0) is 20.3. The number of nitrogens with zero attached hydrogens (tertiary/aromatic N) is 2. The molecule has 0 bridgehead atoms. The van der Waals surface area contributed by atoms with E-state index in [0.29, 0.717) is 22.7 Å². The smallest absolute Gasteiger partial charge is 0.331 e. The molecule has 29 heavy (non-hydrogen) atoms. The molecule has 3 rings (SSSR count). The summed E-state index contributed by atoms with van der Waals surface area (Å²) in [7, 11) is 0. The highest BCUT2D eigenvalue weighted by atomic mass is 35.5. The first-order valence-electron chi connectivity index (χ1n) is 8.82. The van der Waals surface area contributed by atoms with Crippen molar-refractivity contribution in [1.29, 1.82) is 0 Å². The van der Waals surface area contributed by atoms with E-state index in [1.54, 1.807) is 24.3 Å². The summed E-state index contributed by atoms with van der Waals surface area (Å²) in [5, 5.41) is 12.8. The number of aromatic nitrogens is 2. The quantitative estimate of drug-likeness (QED) is 0.679. The van der Waals surface area contributed by atoms with Crippen molar-refractivity contribution in [3.8, 4) is 0 Å². The van der Waals surface area contributed by atoms with Crippen LogP contribution >= 0.6 is 12.4 Å². The lowest BCUT2D eigenvalue weighted by Gasteiger charge is -2.22. The number of rotatable bonds is 5. The minimum Gasteiger partial charge on any atom is -0.331 e. The van der Waals surface area contributed by atoms with Crippen molar-refractivity contribution in [3.05, 3.63) is 46.8 Å². The molecule has 0 aliphatic carbocycles. The van der Waals surface area contributed by atoms with E-state index in [9.17, 15) is 22.8 Å². The van der Waals surface area contributed by atoms with Crippen LogP contribution in [0, 0.1) is 0 Å². The largest absolute Gasteiger partial charge is 0.471 e. The molecule has 1 aromatic heterocycles. The van der Waals surface area contributed by atoms with Crippen molar-refractivity contribution in [1.82, 2.24) is 20.4 Å². The first-order valence-corrected chi connectivity index (χ1v) is 8.82. The number of hydrogen-bond acceptors (Lipinski definition) is 4. The number of alkyl halides is 3. The van der Waals surface area contributed by atoms with Crippen LogP contribution in [0.4, 0.5) is 18.9 Å². The minimum atomic E-state index is -4.92. The lowest BCUT2D eigenvalue weighted by Crippen LogP contribution is -2.40. The number of H-pyrrole nitrogens is 1. The van der Waals surface area contributed by atoms with Gasteiger partial charge in [-0.1, -0.05) is 12.1 Å². The Morgan fingerprint density at radius 2 is 2.07 bits per heavy atom. The Morgan fingerprint density at radius 1 is 1.31 bits per heavy atom. The molecule has 0 saturated carbocycles. The molecule has 0 saturated heterocycles. The fourth-order valence-electron chi connectivity index (χ4n) is 3.08. The van der Waals surface area contributed by atoms with Gasteiger partial charge in [0.15, 0.2) is 5.69 Å². The third kappa shape index (κ3) is 5.27. The zero-order valence-corrected chi connectivity index (χ0v) is 16.4. The van der Waals surface area contributed by atoms with Crippen LogP contribution in [-0.4, -0.2) is 46.2 Å². The van der Waals surface area contributed by atoms with E-state index in [4.69, 9.17) is 0 Å². The molecule has 0 spiro atoms. The Kier molecular flexibility index (Phi) is 7.26. The van der Waals surface area contributed by atoms with E-state index in [0.717, 1.165) is 24.2 Å². The predicted molar refractivity (Wildman–Crippen MR) is 103 cm³/mol. The minimum absolute atomic E-state index is 0. The normalized spacial score (nSPS) is 13.2. The molecule has 1 aliphatic rings. The van der Waals surface area contributed by atoms with E-state index in [-0.39, 0.29) is 31.2 Å². The number of carbonyl (C=O) groups excluding carboxylic acids is 2. The number of nitrogens with one attached hydrogen (secondary N) is 3. The number of carbonyl (C=O) groups is 2. The maximum Gasteiger partial charge on any atom is 0.471 e. The average molecular weight is 432 g/mol. The molecule has 0 atom stereocenters. The van der Waals surface area contributed by atoms with Gasteiger partial charge in [0, 0.05) is 49.5 Å². The highest BCUT2D eigenvalue weighted by Crippen LogP contribution is 2.21. The van der Waals surface area contributed by atoms with Gasteiger partial charge in [-0.25, -0.2) is 0 Å². The number of anilines is 1. The van der Waals surface area contributed by atoms with Crippen LogP contribution in [0.3, 0.4) is 0 Å². The number of hydrogen-bond donors (Lipinski definition) is 3. The van der Waals surface area contributed by atoms with Crippen LogP contribution in [0.15, 0.2) is 24.3 Å². The molecule has 2 heterocycles. The lowest BCUT2D eigenvalue weighted by molar-refractivity contribution is -0.185. The van der Waals surface area contributed by atoms with Gasteiger partial charge in [-0.3, -0.25) is 14.7 Å². The lowest BCUT2D eigenvalue weighted by atomic mass is 10.1. The number of aromatic amines is 1. The molecule has 158 valence electrons. The Labute approximate surface area is 171 Å². The van der Waals surface area contributed by atoms with Crippen LogP contribution < -0.4 is 10.6 Å². The van der Waals surface area contributed by atoms with Crippen molar-refractivity contribution < 1.29 is 22.8 Å². The fourth-order valence-corrected chi connectivity index (χ4v) is 3.08. The van der Waals surface area contributed by atoms with E-state index in [1.807, 2.05) is 0 Å². The molecular weight excluding hydrogens is 411 g/mol. The summed E-state index contributed by atoms with van der Waals surface area (Å²) in [4.78, 5) is 24.7. The number of benzene rings is 1. The summed E-state index contributed by atoms with van der Waals surface area (Å²) in [6, 6.07) is 6.38. The third-order valence-electron chi connectivity index (χ3n) is 4.49. The summed E-state index contributed by atoms with van der Waals surface area (Å²) in [5.74, 6) is -2.29. The van der Waals surface area contributed by atoms with Crippen molar-refractivity contribution in [3.63, 3.8) is 0 Å². The number of halogens is 4. The highest BCUT2D eigenvalue weighted by molar-refractivity contribution is 6.04. The van der Waals surface area contributed by atoms with Gasteiger partial charge in [0.25, 0.3) is 5.91 Å². The molecule has 3 N–H and O–H groups in total. The fraction of sp³-hybridized carbons (Fsp3) is 0.389. The molecule has 11 heteroatoms. The Morgan fingerprint density at radius 3 is 2.76 bits per heavy atom. The van der Waals surface area contributed by atoms with E-state index in [1.165, 1.54) is 6.92 Å². The van der Waals surface area contributed by atoms with Crippen molar-refractivity contribution in [2.24, 2.45) is 0 Å². The number of fused-ring (bicyclic) bond motifs is 1. The molecule has 0 radical (unpaired) electrons. The Hall–Kier alpha value is -2.59. The zero-order valence-electron chi connectivity index (χ0n) is 15.6. The van der Waals surface area contributed by atoms with Gasteiger partial charge in [0.05, 0.1) is 0 Å². The van der Waals surface area contributed by atoms with Gasteiger partial charge in [0.1, 0.15) is 0 Å². The summed E-state index contributed by atoms with van der Waals surface area (Å²) in [6.45, 7) is 2.54. The SMILES string of the molecule is CCN(Cc1cccc(NC(=O)c2n[nH]c3c2CNCC3)c1)C(=O)C(F)(F)F.Cl. The maximum absolute atomic E-state index is 12.7. The number of amides is 2. The Balaban J connectivity index is 0.00000300. The molecular formula is C18H21ClF3N5O2. The summed E-state index contributed by atoms with van der Waals surface area (Å²) in [6.07, 6.45) is -4.17. The van der Waals surface area contributed by atoms with Crippen LogP contribution in [0.25, 0.3) is 0 Å². The molecule has 7 nitrogen and oxygen atoms in total. The standard InChI is InChI=1S/C18H20F3N5O2.ClH/c1-2-26(17(28)18(19,20)21)10-11-4-3-5-12(8-11)23-16(27)15-13-9-22-7-6-14(13)24-25-15;/h3-5,8,22H,2,6-7,9-10H2,1H3,(H,23,27)(H,24,25);1H. The second-order valence-corrected chi connectivity index (χ2v) is 6.43. The van der Waals surface area contributed by atoms with Crippen LogP contribution in [0.2, 0.25) is 0 Å². The van der Waals surface area contributed by atoms with Crippen molar-refractivity contribution in [2.45, 2.75) is 32.6 Å². The van der Waals surface area contributed by atoms with Crippen molar-refractivity contribution >= 4 is 29.9 Å². The van der Waals surface area contributed by atoms with E-state index >= 15 is 0 Å². The molecule has 1 aromatic carbocycles. The summed E-state index contributed by atoms with van der Waals surface area (Å²) in [5.41, 5.74) is 2.91. The average Bonchev–Trinajstić information content (AvgIpc) is 3.09. The highest BCUT2D eigenvalue weighted by Gasteiger charge is 2.41. The second kappa shape index (κ2) is 9.27. The molecule has 0 unspecified atom stereocenters. The molecule has 1 aliphatic heterocycles. The topological polar surface area (TPSA) is 90.1 Å². The summed E-state index contributed by atoms with van der Waals surface area (Å²) < 4.78 is 38.0. The van der Waals surface area contributed by atoms with Crippen LogP contribution in [0.1, 0.15) is 34.2 Å². The van der Waals surface area contributed by atoms with Gasteiger partial charge in [-0.05, 0) is 24.6 Å². The molecule has 0 fully saturated rings. The first kappa shape index (κ1) is 22.7. The van der Waals surface area contributed by atoms with Gasteiger partial charge in [-0.15, -0.1) is 12.4 Å². The van der Waals surface area contributed by atoms with E-state index in [2.05, 4.69) is 20.8 Å². The van der Waals surface area contributed by atoms with Gasteiger partial charge in [0.2, 0.25) is 0 Å².